The van der Waals surface area contributed by atoms with E-state index in [9.17, 15) is 4.21 Å². The summed E-state index contributed by atoms with van der Waals surface area (Å²) in [7, 11) is -1.23. The van der Waals surface area contributed by atoms with Crippen LogP contribution in [0.4, 0.5) is 0 Å². The van der Waals surface area contributed by atoms with Crippen LogP contribution in [0.3, 0.4) is 0 Å². The fourth-order valence-electron chi connectivity index (χ4n) is 1.52. The van der Waals surface area contributed by atoms with E-state index in [4.69, 9.17) is 0 Å². The lowest BCUT2D eigenvalue weighted by atomic mass is 10.2. The summed E-state index contributed by atoms with van der Waals surface area (Å²) in [5.74, 6) is 2.96. The van der Waals surface area contributed by atoms with E-state index in [1.54, 1.807) is 0 Å². The van der Waals surface area contributed by atoms with Crippen LogP contribution in [0, 0.1) is 18.1 Å². The third-order valence-corrected chi connectivity index (χ3v) is 3.57. The van der Waals surface area contributed by atoms with Crippen LogP contribution in [0.5, 0.6) is 0 Å². The second-order valence-corrected chi connectivity index (χ2v) is 5.24. The maximum absolute atomic E-state index is 11.9. The molecular weight excluding hydrogens is 240 g/mol. The molecule has 0 heterocycles. The van der Waals surface area contributed by atoms with Gasteiger partial charge in [-0.3, -0.25) is 0 Å². The van der Waals surface area contributed by atoms with Gasteiger partial charge in [0, 0.05) is 11.7 Å². The molecule has 0 aromatic heterocycles. The van der Waals surface area contributed by atoms with Gasteiger partial charge in [-0.2, -0.15) is 0 Å². The summed E-state index contributed by atoms with van der Waals surface area (Å²) in [6.07, 6.45) is 0.637. The Labute approximate surface area is 110 Å². The van der Waals surface area contributed by atoms with Gasteiger partial charge in [0.15, 0.2) is 0 Å². The van der Waals surface area contributed by atoms with Crippen molar-refractivity contribution in [2.45, 2.75) is 18.2 Å². The number of hydrogen-bond acceptors (Lipinski definition) is 1. The van der Waals surface area contributed by atoms with Crippen LogP contribution in [-0.2, 0) is 17.2 Å². The smallest absolute Gasteiger partial charge is 0.130 e. The zero-order valence-electron chi connectivity index (χ0n) is 10.2. The summed E-state index contributed by atoms with van der Waals surface area (Å²) < 4.78 is 11.9. The Bertz CT molecular complexity index is 588. The first kappa shape index (κ1) is 12.6. The Kier molecular flexibility index (Phi) is 4.33. The largest absolute Gasteiger partial charge is 0.240 e. The normalized spacial score (nSPS) is 11.4. The van der Waals surface area contributed by atoms with Crippen LogP contribution >= 0.6 is 0 Å². The number of aryl methyl sites for hydroxylation is 1. The van der Waals surface area contributed by atoms with Gasteiger partial charge >= 0.3 is 0 Å². The van der Waals surface area contributed by atoms with Crippen molar-refractivity contribution in [1.29, 1.82) is 0 Å². The summed E-state index contributed by atoms with van der Waals surface area (Å²) in [5, 5.41) is 2.79. The molecule has 1 nitrogen and oxygen atoms in total. The minimum Gasteiger partial charge on any atom is -0.240 e. The Hall–Kier alpha value is -1.85. The topological polar surface area (TPSA) is 17.1 Å². The van der Waals surface area contributed by atoms with Crippen molar-refractivity contribution in [2.75, 3.05) is 0 Å². The van der Waals surface area contributed by atoms with E-state index in [0.29, 0.717) is 6.42 Å². The molecule has 0 saturated heterocycles. The maximum Gasteiger partial charge on any atom is 0.130 e. The molecule has 0 bridgehead atoms. The maximum atomic E-state index is 11.9. The van der Waals surface area contributed by atoms with E-state index in [0.717, 1.165) is 16.0 Å². The predicted octanol–water partition coefficient (Wildman–Crippen LogP) is 3.31. The zero-order valence-corrected chi connectivity index (χ0v) is 11.0. The summed E-state index contributed by atoms with van der Waals surface area (Å²) >= 11 is 0. The molecule has 0 saturated carbocycles. The molecule has 0 radical (unpaired) electrons. The minimum atomic E-state index is -1.23. The molecule has 2 aromatic carbocycles. The summed E-state index contributed by atoms with van der Waals surface area (Å²) in [5.41, 5.74) is 2.30. The quantitative estimate of drug-likeness (QED) is 0.751. The first-order chi connectivity index (χ1) is 8.75. The van der Waals surface area contributed by atoms with Crippen molar-refractivity contribution in [3.05, 3.63) is 65.7 Å². The van der Waals surface area contributed by atoms with E-state index >= 15 is 0 Å². The van der Waals surface area contributed by atoms with E-state index < -0.39 is 10.8 Å². The highest BCUT2D eigenvalue weighted by Gasteiger charge is 1.98. The molecule has 0 spiro atoms. The Balaban J connectivity index is 2.02. The van der Waals surface area contributed by atoms with Crippen molar-refractivity contribution in [3.63, 3.8) is 0 Å². The third-order valence-electron chi connectivity index (χ3n) is 2.54. The average molecular weight is 254 g/mol. The van der Waals surface area contributed by atoms with Gasteiger partial charge in [-0.1, -0.05) is 53.9 Å². The minimum absolute atomic E-state index is 0.637. The first-order valence-corrected chi connectivity index (χ1v) is 6.91. The molecule has 0 aliphatic rings. The summed E-state index contributed by atoms with van der Waals surface area (Å²) in [6.45, 7) is 2.01. The predicted molar refractivity (Wildman–Crippen MR) is 75.5 cm³/mol. The number of rotatable bonds is 2. The molecule has 2 aromatic rings. The van der Waals surface area contributed by atoms with Crippen LogP contribution in [0.1, 0.15) is 11.1 Å². The number of benzene rings is 2. The van der Waals surface area contributed by atoms with Gasteiger partial charge in [-0.25, -0.2) is 4.21 Å². The average Bonchev–Trinajstić information content (AvgIpc) is 2.40. The summed E-state index contributed by atoms with van der Waals surface area (Å²) in [4.78, 5) is 0.765. The molecule has 0 aliphatic carbocycles. The van der Waals surface area contributed by atoms with Crippen molar-refractivity contribution in [3.8, 4) is 11.2 Å². The van der Waals surface area contributed by atoms with Gasteiger partial charge < -0.3 is 0 Å². The Morgan fingerprint density at radius 3 is 2.33 bits per heavy atom. The number of hydrogen-bond donors (Lipinski definition) is 0. The second-order valence-electron chi connectivity index (χ2n) is 4.02. The van der Waals surface area contributed by atoms with Crippen molar-refractivity contribution < 1.29 is 4.21 Å². The van der Waals surface area contributed by atoms with Crippen molar-refractivity contribution in [2.24, 2.45) is 0 Å². The second kappa shape index (κ2) is 6.18. The van der Waals surface area contributed by atoms with Gasteiger partial charge in [0.1, 0.15) is 10.8 Å². The van der Waals surface area contributed by atoms with Gasteiger partial charge in [-0.05, 0) is 24.6 Å². The molecule has 90 valence electrons. The van der Waals surface area contributed by atoms with Gasteiger partial charge in [-0.15, -0.1) is 0 Å². The van der Waals surface area contributed by atoms with Crippen LogP contribution < -0.4 is 0 Å². The highest BCUT2D eigenvalue weighted by Crippen LogP contribution is 2.07. The monoisotopic (exact) mass is 254 g/mol. The van der Waals surface area contributed by atoms with Crippen molar-refractivity contribution >= 4 is 10.8 Å². The fraction of sp³-hybridized carbons (Fsp3) is 0.125. The highest BCUT2D eigenvalue weighted by atomic mass is 32.2. The van der Waals surface area contributed by atoms with E-state index in [-0.39, 0.29) is 0 Å². The molecule has 0 N–H and O–H groups in total. The fourth-order valence-corrected chi connectivity index (χ4v) is 2.22. The lowest BCUT2D eigenvalue weighted by Crippen LogP contribution is -1.87. The molecule has 0 fully saturated rings. The SMILES string of the molecule is Cc1ccc([S@](=O)C#CCc2ccccc2)cc1. The van der Waals surface area contributed by atoms with E-state index in [1.807, 2.05) is 61.5 Å². The molecule has 0 amide bonds. The lowest BCUT2D eigenvalue weighted by molar-refractivity contribution is 0.689. The zero-order chi connectivity index (χ0) is 12.8. The molecule has 0 aliphatic heterocycles. The molecule has 0 unspecified atom stereocenters. The van der Waals surface area contributed by atoms with Gasteiger partial charge in [0.2, 0.25) is 0 Å². The standard InChI is InChI=1S/C16H14OS/c1-14-9-11-16(12-10-14)18(17)13-5-8-15-6-3-2-4-7-15/h2-4,6-7,9-12H,8H2,1H3/t18-/m1/s1. The van der Waals surface area contributed by atoms with Crippen LogP contribution in [0.25, 0.3) is 0 Å². The van der Waals surface area contributed by atoms with E-state index in [1.165, 1.54) is 0 Å². The Morgan fingerprint density at radius 2 is 1.67 bits per heavy atom. The molecule has 2 rings (SSSR count). The molecule has 18 heavy (non-hydrogen) atoms. The molecule has 2 heteroatoms. The summed E-state index contributed by atoms with van der Waals surface area (Å²) in [6, 6.07) is 17.6. The van der Waals surface area contributed by atoms with Crippen LogP contribution in [-0.4, -0.2) is 4.21 Å². The van der Waals surface area contributed by atoms with Gasteiger partial charge in [0.25, 0.3) is 0 Å². The van der Waals surface area contributed by atoms with Crippen LogP contribution in [0.15, 0.2) is 59.5 Å². The third kappa shape index (κ3) is 3.58. The molecular formula is C16H14OS. The van der Waals surface area contributed by atoms with Crippen LogP contribution in [0.2, 0.25) is 0 Å². The van der Waals surface area contributed by atoms with Gasteiger partial charge in [0.05, 0.1) is 4.90 Å². The van der Waals surface area contributed by atoms with Crippen molar-refractivity contribution in [1.82, 2.24) is 0 Å². The lowest BCUT2D eigenvalue weighted by Gasteiger charge is -1.95. The van der Waals surface area contributed by atoms with E-state index in [2.05, 4.69) is 11.2 Å². The molecule has 1 atom stereocenters. The Morgan fingerprint density at radius 1 is 1.00 bits per heavy atom. The first-order valence-electron chi connectivity index (χ1n) is 5.76. The highest BCUT2D eigenvalue weighted by molar-refractivity contribution is 7.89.